The second-order valence-corrected chi connectivity index (χ2v) is 22.0. The number of nitrogens with zero attached hydrogens (tertiary/aromatic N) is 5. The Balaban J connectivity index is 0.960. The molecule has 0 radical (unpaired) electrons. The van der Waals surface area contributed by atoms with Crippen LogP contribution < -0.4 is 19.6 Å². The summed E-state index contributed by atoms with van der Waals surface area (Å²) in [5.74, 6) is 0. The summed E-state index contributed by atoms with van der Waals surface area (Å²) in [6.07, 6.45) is 3.63. The minimum atomic E-state index is 0.564. The van der Waals surface area contributed by atoms with Gasteiger partial charge in [-0.15, -0.1) is 0 Å². The van der Waals surface area contributed by atoms with Gasteiger partial charge >= 0.3 is 0 Å². The second kappa shape index (κ2) is 21.3. The largest absolute Gasteiger partial charge is 0.462 e. The van der Waals surface area contributed by atoms with Gasteiger partial charge in [0.1, 0.15) is 23.7 Å². The van der Waals surface area contributed by atoms with Crippen molar-refractivity contribution in [3.8, 4) is 5.69 Å². The first-order chi connectivity index (χ1) is 39.9. The van der Waals surface area contributed by atoms with Gasteiger partial charge in [0.25, 0.3) is 0 Å². The molecule has 14 aromatic rings. The number of anilines is 12. The Hall–Kier alpha value is -8.96. The Morgan fingerprint density at radius 3 is 1.00 bits per heavy atom. The van der Waals surface area contributed by atoms with Crippen molar-refractivity contribution in [2.24, 2.45) is 0 Å². The summed E-state index contributed by atoms with van der Waals surface area (Å²) in [4.78, 5) is 8.93. The highest BCUT2D eigenvalue weighted by Crippen LogP contribution is 2.53. The molecule has 0 aliphatic carbocycles. The number of furan rings is 2. The van der Waals surface area contributed by atoms with Gasteiger partial charge in [-0.25, -0.2) is 0 Å². The van der Waals surface area contributed by atoms with Crippen LogP contribution in [0.25, 0.3) is 49.4 Å². The van der Waals surface area contributed by atoms with Gasteiger partial charge in [0, 0.05) is 71.4 Å². The Morgan fingerprint density at radius 2 is 0.617 bits per heavy atom. The summed E-state index contributed by atoms with van der Waals surface area (Å²) >= 11 is 23.1. The van der Waals surface area contributed by atoms with Crippen LogP contribution in [0.5, 0.6) is 0 Å². The molecule has 11 heteroatoms. The van der Waals surface area contributed by atoms with Gasteiger partial charge < -0.3 is 33.0 Å². The van der Waals surface area contributed by atoms with E-state index in [-0.39, 0.29) is 0 Å². The molecule has 0 fully saturated rings. The lowest BCUT2D eigenvalue weighted by atomic mass is 10.1. The third kappa shape index (κ3) is 9.09. The summed E-state index contributed by atoms with van der Waals surface area (Å²) in [7, 11) is 0. The SMILES string of the molecule is Clc1cc(N(c2ccccc2)c2ccc3c4ccc(N(c5ccccc5)c5cc(Cl)cc(N(c6ccccc6)c6coc7ccccc67)c5Br)cc4n(-c4ccccc4)c3c2)c(Br)c(N(c2ccccc2)c2coc3ccccc23)c1. The molecule has 0 N–H and O–H groups in total. The van der Waals surface area contributed by atoms with Gasteiger partial charge in [-0.05, 0) is 165 Å². The van der Waals surface area contributed by atoms with Gasteiger partial charge in [0.15, 0.2) is 0 Å². The highest BCUT2D eigenvalue weighted by molar-refractivity contribution is 9.11. The molecule has 14 rings (SSSR count). The number of fused-ring (bicyclic) bond motifs is 5. The van der Waals surface area contributed by atoms with Crippen molar-refractivity contribution in [3.05, 3.63) is 292 Å². The minimum Gasteiger partial charge on any atom is -0.462 e. The van der Waals surface area contributed by atoms with Crippen molar-refractivity contribution < 1.29 is 8.83 Å². The standard InChI is InChI=1S/C70H45Br2Cl2N5O2/c71-69-61(38-46(73)40-63(69)78(51-26-12-4-13-27-51)65-44-80-67-32-18-16-30-57(65)67)75(48-20-6-1-7-21-48)53-34-36-55-56-37-35-54(43-60(56)77(59(55)42-53)50-24-10-3-11-25-50)76(49-22-8-2-9-23-49)62-39-47(74)41-64(70(62)72)79(52-28-14-5-15-29-52)66-45-81-68-33-19-17-31-58(66)68/h1-45H. The smallest absolute Gasteiger partial charge is 0.136 e. The van der Waals surface area contributed by atoms with E-state index in [1.807, 2.05) is 122 Å². The zero-order valence-corrected chi connectivity index (χ0v) is 47.7. The number of rotatable bonds is 13. The van der Waals surface area contributed by atoms with Crippen molar-refractivity contribution in [2.75, 3.05) is 19.6 Å². The Morgan fingerprint density at radius 1 is 0.296 bits per heavy atom. The second-order valence-electron chi connectivity index (χ2n) is 19.5. The fourth-order valence-electron chi connectivity index (χ4n) is 11.2. The Kier molecular flexibility index (Phi) is 13.2. The Bertz CT molecular complexity index is 4340. The van der Waals surface area contributed by atoms with Crippen LogP contribution in [0.4, 0.5) is 68.2 Å². The van der Waals surface area contributed by atoms with E-state index >= 15 is 0 Å². The van der Waals surface area contributed by atoms with E-state index in [2.05, 4.69) is 208 Å². The number of hydrogen-bond acceptors (Lipinski definition) is 6. The summed E-state index contributed by atoms with van der Waals surface area (Å²) < 4.78 is 16.4. The van der Waals surface area contributed by atoms with E-state index in [1.165, 1.54) is 0 Å². The van der Waals surface area contributed by atoms with Crippen molar-refractivity contribution in [2.45, 2.75) is 0 Å². The third-order valence-electron chi connectivity index (χ3n) is 14.7. The number of benzene rings is 11. The number of halogens is 4. The van der Waals surface area contributed by atoms with Crippen LogP contribution in [0.1, 0.15) is 0 Å². The highest BCUT2D eigenvalue weighted by Gasteiger charge is 2.29. The molecule has 0 saturated carbocycles. The van der Waals surface area contributed by atoms with Crippen molar-refractivity contribution in [1.29, 1.82) is 0 Å². The molecule has 3 heterocycles. The quantitative estimate of drug-likeness (QED) is 0.115. The fraction of sp³-hybridized carbons (Fsp3) is 0. The molecule has 390 valence electrons. The van der Waals surface area contributed by atoms with E-state index in [4.69, 9.17) is 32.0 Å². The zero-order chi connectivity index (χ0) is 54.6. The number of aromatic nitrogens is 1. The summed E-state index contributed by atoms with van der Waals surface area (Å²) in [5, 5.41) is 5.26. The first kappa shape index (κ1) is 50.3. The van der Waals surface area contributed by atoms with E-state index in [0.29, 0.717) is 10.0 Å². The zero-order valence-electron chi connectivity index (χ0n) is 43.0. The Labute approximate surface area is 494 Å². The predicted molar refractivity (Wildman–Crippen MR) is 344 cm³/mol. The molecule has 0 saturated heterocycles. The maximum absolute atomic E-state index is 7.33. The lowest BCUT2D eigenvalue weighted by molar-refractivity contribution is 0.616. The minimum absolute atomic E-state index is 0.564. The van der Waals surface area contributed by atoms with Gasteiger partial charge in [0.05, 0.1) is 54.1 Å². The number of para-hydroxylation sites is 7. The van der Waals surface area contributed by atoms with Crippen LogP contribution in [-0.4, -0.2) is 4.57 Å². The summed E-state index contributed by atoms with van der Waals surface area (Å²) in [6, 6.07) is 89.7. The van der Waals surface area contributed by atoms with Gasteiger partial charge in [0.2, 0.25) is 0 Å². The molecule has 0 spiro atoms. The van der Waals surface area contributed by atoms with Crippen LogP contribution in [0.15, 0.2) is 291 Å². The molecule has 11 aromatic carbocycles. The van der Waals surface area contributed by atoms with Crippen molar-refractivity contribution in [3.63, 3.8) is 0 Å². The normalized spacial score (nSPS) is 11.5. The molecule has 0 atom stereocenters. The maximum Gasteiger partial charge on any atom is 0.136 e. The molecule has 81 heavy (non-hydrogen) atoms. The third-order valence-corrected chi connectivity index (χ3v) is 16.7. The van der Waals surface area contributed by atoms with Crippen LogP contribution in [0, 0.1) is 0 Å². The van der Waals surface area contributed by atoms with Crippen molar-refractivity contribution in [1.82, 2.24) is 4.57 Å². The van der Waals surface area contributed by atoms with E-state index in [0.717, 1.165) is 127 Å². The van der Waals surface area contributed by atoms with Gasteiger partial charge in [-0.1, -0.05) is 151 Å². The van der Waals surface area contributed by atoms with Gasteiger partial charge in [-0.3, -0.25) is 0 Å². The first-order valence-electron chi connectivity index (χ1n) is 26.3. The number of hydrogen-bond donors (Lipinski definition) is 0. The van der Waals surface area contributed by atoms with Gasteiger partial charge in [-0.2, -0.15) is 0 Å². The lowest BCUT2D eigenvalue weighted by Gasteiger charge is -2.31. The molecule has 0 bridgehead atoms. The monoisotopic (exact) mass is 1220 g/mol. The van der Waals surface area contributed by atoms with E-state index < -0.39 is 0 Å². The summed E-state index contributed by atoms with van der Waals surface area (Å²) in [5.41, 5.74) is 15.4. The molecule has 7 nitrogen and oxygen atoms in total. The summed E-state index contributed by atoms with van der Waals surface area (Å²) in [6.45, 7) is 0. The molecule has 3 aromatic heterocycles. The van der Waals surface area contributed by atoms with Crippen molar-refractivity contribution >= 4 is 167 Å². The average molecular weight is 1220 g/mol. The molecule has 0 aliphatic heterocycles. The molecule has 0 unspecified atom stereocenters. The topological polar surface area (TPSA) is 44.2 Å². The molecule has 0 aliphatic rings. The van der Waals surface area contributed by atoms with Crippen LogP contribution in [0.3, 0.4) is 0 Å². The predicted octanol–water partition coefficient (Wildman–Crippen LogP) is 23.0. The highest BCUT2D eigenvalue weighted by atomic mass is 79.9. The van der Waals surface area contributed by atoms with E-state index in [1.54, 1.807) is 0 Å². The maximum atomic E-state index is 7.33. The fourth-order valence-corrected chi connectivity index (χ4v) is 12.7. The van der Waals surface area contributed by atoms with Crippen LogP contribution in [0.2, 0.25) is 10.0 Å². The average Bonchev–Trinajstić information content (AvgIpc) is 4.46. The van der Waals surface area contributed by atoms with Crippen LogP contribution >= 0.6 is 55.1 Å². The van der Waals surface area contributed by atoms with E-state index in [9.17, 15) is 0 Å². The lowest BCUT2D eigenvalue weighted by Crippen LogP contribution is -2.14. The molecule has 0 amide bonds. The first-order valence-corrected chi connectivity index (χ1v) is 28.7. The molecular formula is C70H45Br2Cl2N5O2. The molecular weight excluding hydrogens is 1170 g/mol. The van der Waals surface area contributed by atoms with Crippen LogP contribution in [-0.2, 0) is 0 Å².